The van der Waals surface area contributed by atoms with Crippen molar-refractivity contribution in [3.8, 4) is 11.3 Å². The fourth-order valence-corrected chi connectivity index (χ4v) is 5.99. The second-order valence-corrected chi connectivity index (χ2v) is 9.42. The van der Waals surface area contributed by atoms with Crippen LogP contribution in [-0.4, -0.2) is 35.1 Å². The second-order valence-electron chi connectivity index (χ2n) is 7.56. The quantitative estimate of drug-likeness (QED) is 0.600. The van der Waals surface area contributed by atoms with Crippen molar-refractivity contribution >= 4 is 10.0 Å². The average molecular weight is 410 g/mol. The Hall–Kier alpha value is -2.44. The SMILES string of the molecule is CCC1CCCCN1S(=O)(=O)c1cn(Cc2ccccc2)nc1-c1ccccc1. The van der Waals surface area contributed by atoms with Gasteiger partial charge in [-0.1, -0.05) is 74.0 Å². The van der Waals surface area contributed by atoms with Gasteiger partial charge >= 0.3 is 0 Å². The van der Waals surface area contributed by atoms with Crippen LogP contribution in [0.2, 0.25) is 0 Å². The van der Waals surface area contributed by atoms with Crippen molar-refractivity contribution in [2.75, 3.05) is 6.54 Å². The molecule has 0 radical (unpaired) electrons. The summed E-state index contributed by atoms with van der Waals surface area (Å²) in [6, 6.07) is 19.6. The van der Waals surface area contributed by atoms with Crippen molar-refractivity contribution < 1.29 is 8.42 Å². The van der Waals surface area contributed by atoms with Crippen LogP contribution in [0.25, 0.3) is 11.3 Å². The molecule has 1 saturated heterocycles. The van der Waals surface area contributed by atoms with Gasteiger partial charge in [0.25, 0.3) is 0 Å². The zero-order valence-electron chi connectivity index (χ0n) is 16.7. The standard InChI is InChI=1S/C23H27N3O2S/c1-2-21-15-9-10-16-26(21)29(27,28)22-18-25(17-19-11-5-3-6-12-19)24-23(22)20-13-7-4-8-14-20/h3-8,11-14,18,21H,2,9-10,15-17H2,1H3. The van der Waals surface area contributed by atoms with Gasteiger partial charge in [-0.2, -0.15) is 9.40 Å². The Morgan fingerprint density at radius 2 is 1.69 bits per heavy atom. The van der Waals surface area contributed by atoms with E-state index in [4.69, 9.17) is 5.10 Å². The van der Waals surface area contributed by atoms with Crippen LogP contribution in [0.4, 0.5) is 0 Å². The van der Waals surface area contributed by atoms with Crippen LogP contribution in [-0.2, 0) is 16.6 Å². The van der Waals surface area contributed by atoms with Gasteiger partial charge in [0.05, 0.1) is 6.54 Å². The molecule has 2 aromatic carbocycles. The monoisotopic (exact) mass is 409 g/mol. The Morgan fingerprint density at radius 3 is 2.38 bits per heavy atom. The summed E-state index contributed by atoms with van der Waals surface area (Å²) in [6.45, 7) is 3.18. The molecule has 5 nitrogen and oxygen atoms in total. The molecule has 1 aliphatic heterocycles. The van der Waals surface area contributed by atoms with E-state index in [0.29, 0.717) is 23.7 Å². The molecule has 0 aliphatic carbocycles. The van der Waals surface area contributed by atoms with E-state index in [2.05, 4.69) is 6.92 Å². The predicted octanol–water partition coefficient (Wildman–Crippen LogP) is 4.55. The summed E-state index contributed by atoms with van der Waals surface area (Å²) < 4.78 is 30.8. The lowest BCUT2D eigenvalue weighted by Gasteiger charge is -2.33. The van der Waals surface area contributed by atoms with E-state index in [0.717, 1.165) is 36.8 Å². The molecule has 3 aromatic rings. The zero-order chi connectivity index (χ0) is 20.3. The van der Waals surface area contributed by atoms with Crippen molar-refractivity contribution in [3.05, 3.63) is 72.4 Å². The highest BCUT2D eigenvalue weighted by Crippen LogP contribution is 2.32. The molecular formula is C23H27N3O2S. The molecule has 0 amide bonds. The molecule has 2 heterocycles. The van der Waals surface area contributed by atoms with Crippen molar-refractivity contribution in [3.63, 3.8) is 0 Å². The van der Waals surface area contributed by atoms with Gasteiger partial charge in [0.1, 0.15) is 10.6 Å². The Balaban J connectivity index is 1.78. The molecule has 1 aromatic heterocycles. The molecule has 1 atom stereocenters. The highest BCUT2D eigenvalue weighted by molar-refractivity contribution is 7.89. The van der Waals surface area contributed by atoms with Crippen LogP contribution in [0.15, 0.2) is 71.8 Å². The average Bonchev–Trinajstić information content (AvgIpc) is 3.20. The highest BCUT2D eigenvalue weighted by atomic mass is 32.2. The maximum atomic E-state index is 13.7. The topological polar surface area (TPSA) is 55.2 Å². The summed E-state index contributed by atoms with van der Waals surface area (Å²) in [6.07, 6.45) is 5.45. The number of hydrogen-bond donors (Lipinski definition) is 0. The molecule has 1 aliphatic rings. The fraction of sp³-hybridized carbons (Fsp3) is 0.348. The molecule has 0 N–H and O–H groups in total. The van der Waals surface area contributed by atoms with Crippen molar-refractivity contribution in [1.82, 2.24) is 14.1 Å². The van der Waals surface area contributed by atoms with Gasteiger partial charge in [0.15, 0.2) is 0 Å². The number of piperidine rings is 1. The normalized spacial score (nSPS) is 18.0. The number of rotatable bonds is 6. The zero-order valence-corrected chi connectivity index (χ0v) is 17.6. The van der Waals surface area contributed by atoms with Crippen LogP contribution in [0.5, 0.6) is 0 Å². The maximum Gasteiger partial charge on any atom is 0.247 e. The lowest BCUT2D eigenvalue weighted by Crippen LogP contribution is -2.43. The summed E-state index contributed by atoms with van der Waals surface area (Å²) in [4.78, 5) is 0.306. The molecule has 0 spiro atoms. The smallest absolute Gasteiger partial charge is 0.247 e. The minimum Gasteiger partial charge on any atom is -0.266 e. The van der Waals surface area contributed by atoms with E-state index >= 15 is 0 Å². The summed E-state index contributed by atoms with van der Waals surface area (Å²) >= 11 is 0. The first-order valence-electron chi connectivity index (χ1n) is 10.3. The Morgan fingerprint density at radius 1 is 1.00 bits per heavy atom. The Bertz CT molecular complexity index is 1050. The molecule has 1 fully saturated rings. The lowest BCUT2D eigenvalue weighted by atomic mass is 10.0. The van der Waals surface area contributed by atoms with Crippen LogP contribution >= 0.6 is 0 Å². The maximum absolute atomic E-state index is 13.7. The Labute approximate surface area is 173 Å². The molecule has 1 unspecified atom stereocenters. The van der Waals surface area contributed by atoms with E-state index < -0.39 is 10.0 Å². The molecular weight excluding hydrogens is 382 g/mol. The van der Waals surface area contributed by atoms with Gasteiger partial charge in [0, 0.05) is 24.3 Å². The van der Waals surface area contributed by atoms with Gasteiger partial charge in [0.2, 0.25) is 10.0 Å². The van der Waals surface area contributed by atoms with Crippen molar-refractivity contribution in [2.45, 2.75) is 50.1 Å². The van der Waals surface area contributed by atoms with E-state index in [1.165, 1.54) is 0 Å². The van der Waals surface area contributed by atoms with E-state index in [1.54, 1.807) is 15.2 Å². The van der Waals surface area contributed by atoms with Gasteiger partial charge < -0.3 is 0 Å². The minimum atomic E-state index is -3.62. The first kappa shape index (κ1) is 19.9. The van der Waals surface area contributed by atoms with Crippen LogP contribution in [0, 0.1) is 0 Å². The second kappa shape index (κ2) is 8.51. The van der Waals surface area contributed by atoms with Crippen molar-refractivity contribution in [2.24, 2.45) is 0 Å². The third kappa shape index (κ3) is 4.14. The molecule has 0 bridgehead atoms. The molecule has 152 valence electrons. The number of sulfonamides is 1. The first-order valence-corrected chi connectivity index (χ1v) is 11.7. The van der Waals surface area contributed by atoms with Crippen LogP contribution < -0.4 is 0 Å². The third-order valence-electron chi connectivity index (χ3n) is 5.59. The van der Waals surface area contributed by atoms with Crippen molar-refractivity contribution in [1.29, 1.82) is 0 Å². The fourth-order valence-electron chi connectivity index (χ4n) is 4.06. The van der Waals surface area contributed by atoms with Gasteiger partial charge in [-0.3, -0.25) is 4.68 Å². The first-order chi connectivity index (χ1) is 14.1. The van der Waals surface area contributed by atoms with Crippen LogP contribution in [0.1, 0.15) is 38.2 Å². The summed E-state index contributed by atoms with van der Waals surface area (Å²) in [5.41, 5.74) is 2.44. The van der Waals surface area contributed by atoms with E-state index in [1.807, 2.05) is 60.7 Å². The predicted molar refractivity (Wildman–Crippen MR) is 115 cm³/mol. The molecule has 6 heteroatoms. The summed E-state index contributed by atoms with van der Waals surface area (Å²) in [5.74, 6) is 0. The third-order valence-corrected chi connectivity index (χ3v) is 7.55. The van der Waals surface area contributed by atoms with E-state index in [-0.39, 0.29) is 6.04 Å². The largest absolute Gasteiger partial charge is 0.266 e. The van der Waals surface area contributed by atoms with E-state index in [9.17, 15) is 8.42 Å². The van der Waals surface area contributed by atoms with Gasteiger partial charge in [-0.15, -0.1) is 0 Å². The van der Waals surface area contributed by atoms with Crippen LogP contribution in [0.3, 0.4) is 0 Å². The number of nitrogens with zero attached hydrogens (tertiary/aromatic N) is 3. The molecule has 4 rings (SSSR count). The molecule has 29 heavy (non-hydrogen) atoms. The summed E-state index contributed by atoms with van der Waals surface area (Å²) in [7, 11) is -3.62. The lowest BCUT2D eigenvalue weighted by molar-refractivity contribution is 0.246. The van der Waals surface area contributed by atoms with Gasteiger partial charge in [-0.05, 0) is 24.8 Å². The summed E-state index contributed by atoms with van der Waals surface area (Å²) in [5, 5.41) is 4.70. The number of hydrogen-bond acceptors (Lipinski definition) is 3. The highest BCUT2D eigenvalue weighted by Gasteiger charge is 2.35. The minimum absolute atomic E-state index is 0.0647. The Kier molecular flexibility index (Phi) is 5.83. The molecule has 0 saturated carbocycles. The number of benzene rings is 2. The van der Waals surface area contributed by atoms with Gasteiger partial charge in [-0.25, -0.2) is 8.42 Å². The number of aromatic nitrogens is 2.